The van der Waals surface area contributed by atoms with Crippen LogP contribution in [0.3, 0.4) is 0 Å². The molecule has 4 heteroatoms. The van der Waals surface area contributed by atoms with Gasteiger partial charge < -0.3 is 10.1 Å². The van der Waals surface area contributed by atoms with Gasteiger partial charge in [-0.15, -0.1) is 0 Å². The zero-order valence-electron chi connectivity index (χ0n) is 11.0. The summed E-state index contributed by atoms with van der Waals surface area (Å²) in [7, 11) is 0. The van der Waals surface area contributed by atoms with Crippen LogP contribution in [0.5, 0.6) is 0 Å². The molecular formula is C14H21N3O. The summed E-state index contributed by atoms with van der Waals surface area (Å²) in [6.07, 6.45) is 7.83. The van der Waals surface area contributed by atoms with Crippen LogP contribution in [-0.4, -0.2) is 29.2 Å². The van der Waals surface area contributed by atoms with E-state index in [0.717, 1.165) is 38.2 Å². The van der Waals surface area contributed by atoms with Crippen molar-refractivity contribution < 1.29 is 4.74 Å². The van der Waals surface area contributed by atoms with Crippen LogP contribution in [0, 0.1) is 5.92 Å². The smallest absolute Gasteiger partial charge is 0.132 e. The summed E-state index contributed by atoms with van der Waals surface area (Å²) >= 11 is 0. The molecule has 2 aliphatic rings. The van der Waals surface area contributed by atoms with Crippen molar-refractivity contribution in [2.75, 3.05) is 18.5 Å². The Morgan fingerprint density at radius 1 is 1.39 bits per heavy atom. The highest BCUT2D eigenvalue weighted by atomic mass is 16.5. The van der Waals surface area contributed by atoms with Gasteiger partial charge in [0.05, 0.1) is 6.10 Å². The lowest BCUT2D eigenvalue weighted by Crippen LogP contribution is -2.23. The number of hydrogen-bond acceptors (Lipinski definition) is 4. The number of aromatic nitrogens is 2. The summed E-state index contributed by atoms with van der Waals surface area (Å²) in [5.41, 5.74) is 2.58. The molecule has 2 atom stereocenters. The van der Waals surface area contributed by atoms with Crippen molar-refractivity contribution in [3.8, 4) is 0 Å². The Labute approximate surface area is 108 Å². The van der Waals surface area contributed by atoms with E-state index in [2.05, 4.69) is 22.2 Å². The van der Waals surface area contributed by atoms with Crippen LogP contribution in [0.25, 0.3) is 0 Å². The summed E-state index contributed by atoms with van der Waals surface area (Å²) in [5, 5.41) is 3.52. The van der Waals surface area contributed by atoms with E-state index >= 15 is 0 Å². The van der Waals surface area contributed by atoms with Crippen molar-refractivity contribution in [1.29, 1.82) is 0 Å². The van der Waals surface area contributed by atoms with Crippen LogP contribution < -0.4 is 5.32 Å². The van der Waals surface area contributed by atoms with Crippen LogP contribution in [0.2, 0.25) is 0 Å². The second-order valence-electron chi connectivity index (χ2n) is 5.25. The number of fused-ring (bicyclic) bond motifs is 1. The Bertz CT molecular complexity index is 422. The van der Waals surface area contributed by atoms with Gasteiger partial charge in [0.1, 0.15) is 12.1 Å². The standard InChI is InChI=1S/C14H21N3O/c1-2-13-10(6-7-18-13)8-15-14-11-4-3-5-12(11)16-9-17-14/h9-10,13H,2-8H2,1H3,(H,15,16,17). The van der Waals surface area contributed by atoms with E-state index in [0.29, 0.717) is 12.0 Å². The number of nitrogens with zero attached hydrogens (tertiary/aromatic N) is 2. The Morgan fingerprint density at radius 2 is 2.33 bits per heavy atom. The van der Waals surface area contributed by atoms with Gasteiger partial charge in [0.2, 0.25) is 0 Å². The molecule has 4 nitrogen and oxygen atoms in total. The third kappa shape index (κ3) is 2.21. The summed E-state index contributed by atoms with van der Waals surface area (Å²) in [5.74, 6) is 1.68. The van der Waals surface area contributed by atoms with Crippen LogP contribution in [-0.2, 0) is 17.6 Å². The highest BCUT2D eigenvalue weighted by Crippen LogP contribution is 2.27. The molecule has 98 valence electrons. The Morgan fingerprint density at radius 3 is 3.22 bits per heavy atom. The summed E-state index contributed by atoms with van der Waals surface area (Å²) in [4.78, 5) is 8.75. The minimum Gasteiger partial charge on any atom is -0.378 e. The van der Waals surface area contributed by atoms with Crippen molar-refractivity contribution in [3.63, 3.8) is 0 Å². The molecule has 1 N–H and O–H groups in total. The van der Waals surface area contributed by atoms with Gasteiger partial charge in [0.15, 0.2) is 0 Å². The topological polar surface area (TPSA) is 47.0 Å². The first-order chi connectivity index (χ1) is 8.88. The quantitative estimate of drug-likeness (QED) is 0.886. The fraction of sp³-hybridized carbons (Fsp3) is 0.714. The average Bonchev–Trinajstić information content (AvgIpc) is 3.04. The minimum atomic E-state index is 0.424. The fourth-order valence-corrected chi connectivity index (χ4v) is 3.12. The summed E-state index contributed by atoms with van der Waals surface area (Å²) < 4.78 is 5.72. The monoisotopic (exact) mass is 247 g/mol. The van der Waals surface area contributed by atoms with E-state index in [4.69, 9.17) is 4.74 Å². The minimum absolute atomic E-state index is 0.424. The van der Waals surface area contributed by atoms with E-state index in [1.54, 1.807) is 6.33 Å². The first kappa shape index (κ1) is 11.9. The number of ether oxygens (including phenoxy) is 1. The zero-order chi connectivity index (χ0) is 12.4. The van der Waals surface area contributed by atoms with Gasteiger partial charge >= 0.3 is 0 Å². The van der Waals surface area contributed by atoms with Crippen LogP contribution in [0.4, 0.5) is 5.82 Å². The van der Waals surface area contributed by atoms with Crippen molar-refractivity contribution >= 4 is 5.82 Å². The van der Waals surface area contributed by atoms with E-state index < -0.39 is 0 Å². The Balaban J connectivity index is 1.65. The fourth-order valence-electron chi connectivity index (χ4n) is 3.12. The lowest BCUT2D eigenvalue weighted by Gasteiger charge is -2.18. The first-order valence-electron chi connectivity index (χ1n) is 7.06. The molecule has 0 spiro atoms. The maximum Gasteiger partial charge on any atom is 0.132 e. The molecule has 18 heavy (non-hydrogen) atoms. The molecule has 0 bridgehead atoms. The molecule has 2 unspecified atom stereocenters. The Hall–Kier alpha value is -1.16. The first-order valence-corrected chi connectivity index (χ1v) is 7.06. The second kappa shape index (κ2) is 5.22. The van der Waals surface area contributed by atoms with Crippen LogP contribution in [0.1, 0.15) is 37.4 Å². The third-order valence-corrected chi connectivity index (χ3v) is 4.16. The highest BCUT2D eigenvalue weighted by molar-refractivity contribution is 5.47. The van der Waals surface area contributed by atoms with E-state index in [9.17, 15) is 0 Å². The average molecular weight is 247 g/mol. The largest absolute Gasteiger partial charge is 0.378 e. The number of rotatable bonds is 4. The molecule has 3 rings (SSSR count). The lowest BCUT2D eigenvalue weighted by molar-refractivity contribution is 0.0900. The molecule has 0 aromatic carbocycles. The molecule has 2 heterocycles. The van der Waals surface area contributed by atoms with Crippen molar-refractivity contribution in [3.05, 3.63) is 17.6 Å². The molecule has 1 aromatic heterocycles. The maximum atomic E-state index is 5.72. The number of hydrogen-bond donors (Lipinski definition) is 1. The predicted octanol–water partition coefficient (Wildman–Crippen LogP) is 2.19. The van der Waals surface area contributed by atoms with E-state index in [-0.39, 0.29) is 0 Å². The highest BCUT2D eigenvalue weighted by Gasteiger charge is 2.27. The number of anilines is 1. The summed E-state index contributed by atoms with van der Waals surface area (Å²) in [6.45, 7) is 4.08. The van der Waals surface area contributed by atoms with Crippen molar-refractivity contribution in [1.82, 2.24) is 9.97 Å². The van der Waals surface area contributed by atoms with Crippen molar-refractivity contribution in [2.45, 2.75) is 45.1 Å². The molecule has 1 saturated heterocycles. The lowest BCUT2D eigenvalue weighted by atomic mass is 9.99. The predicted molar refractivity (Wildman–Crippen MR) is 70.7 cm³/mol. The van der Waals surface area contributed by atoms with Gasteiger partial charge in [-0.25, -0.2) is 9.97 Å². The summed E-state index contributed by atoms with van der Waals surface area (Å²) in [6, 6.07) is 0. The van der Waals surface area contributed by atoms with Gasteiger partial charge in [-0.2, -0.15) is 0 Å². The van der Waals surface area contributed by atoms with Gasteiger partial charge in [-0.3, -0.25) is 0 Å². The zero-order valence-corrected chi connectivity index (χ0v) is 11.0. The van der Waals surface area contributed by atoms with Gasteiger partial charge in [0.25, 0.3) is 0 Å². The molecule has 1 fully saturated rings. The molecule has 1 aromatic rings. The van der Waals surface area contributed by atoms with Gasteiger partial charge in [0, 0.05) is 30.3 Å². The van der Waals surface area contributed by atoms with E-state index in [1.165, 1.54) is 24.1 Å². The second-order valence-corrected chi connectivity index (χ2v) is 5.25. The van der Waals surface area contributed by atoms with Crippen LogP contribution >= 0.6 is 0 Å². The molecule has 0 radical (unpaired) electrons. The van der Waals surface area contributed by atoms with Crippen molar-refractivity contribution in [2.24, 2.45) is 5.92 Å². The number of nitrogens with one attached hydrogen (secondary N) is 1. The third-order valence-electron chi connectivity index (χ3n) is 4.16. The molecule has 1 aliphatic carbocycles. The maximum absolute atomic E-state index is 5.72. The van der Waals surface area contributed by atoms with Gasteiger partial charge in [-0.1, -0.05) is 6.92 Å². The van der Waals surface area contributed by atoms with Gasteiger partial charge in [-0.05, 0) is 32.1 Å². The van der Waals surface area contributed by atoms with Crippen LogP contribution in [0.15, 0.2) is 6.33 Å². The SMILES string of the molecule is CCC1OCCC1CNc1ncnc2c1CCC2. The Kier molecular flexibility index (Phi) is 3.46. The molecule has 0 saturated carbocycles. The molecular weight excluding hydrogens is 226 g/mol. The normalized spacial score (nSPS) is 26.3. The number of aryl methyl sites for hydroxylation is 1. The molecule has 1 aliphatic heterocycles. The van der Waals surface area contributed by atoms with E-state index in [1.807, 2.05) is 0 Å². The molecule has 0 amide bonds.